The zero-order valence-corrected chi connectivity index (χ0v) is 16.5. The predicted molar refractivity (Wildman–Crippen MR) is 113 cm³/mol. The Morgan fingerprint density at radius 2 is 2.00 bits per heavy atom. The average Bonchev–Trinajstić information content (AvgIpc) is 3.08. The molecule has 0 bridgehead atoms. The SMILES string of the molecule is Cc1cc(=O)n(C(C)C)c2nc(Nc3ccc(N4CCC(N)C4)cc3)ncc12. The highest BCUT2D eigenvalue weighted by atomic mass is 16.1. The molecule has 7 heteroatoms. The van der Waals surface area contributed by atoms with E-state index in [2.05, 4.69) is 32.3 Å². The second-order valence-corrected chi connectivity index (χ2v) is 7.73. The standard InChI is InChI=1S/C21H26N6O/c1-13(2)27-19(28)10-14(3)18-11-23-21(25-20(18)27)24-16-4-6-17(7-5-16)26-9-8-15(22)12-26/h4-7,10-11,13,15H,8-9,12,22H2,1-3H3,(H,23,24,25). The lowest BCUT2D eigenvalue weighted by Crippen LogP contribution is -2.26. The van der Waals surface area contributed by atoms with Gasteiger partial charge < -0.3 is 16.0 Å². The molecule has 7 nitrogen and oxygen atoms in total. The van der Waals surface area contributed by atoms with E-state index in [9.17, 15) is 4.79 Å². The van der Waals surface area contributed by atoms with Crippen LogP contribution in [0.4, 0.5) is 17.3 Å². The van der Waals surface area contributed by atoms with Crippen LogP contribution >= 0.6 is 0 Å². The van der Waals surface area contributed by atoms with Crippen molar-refractivity contribution in [1.82, 2.24) is 14.5 Å². The molecule has 3 aromatic rings. The lowest BCUT2D eigenvalue weighted by molar-refractivity contribution is 0.594. The van der Waals surface area contributed by atoms with Gasteiger partial charge in [-0.3, -0.25) is 9.36 Å². The monoisotopic (exact) mass is 378 g/mol. The summed E-state index contributed by atoms with van der Waals surface area (Å²) in [6.07, 6.45) is 2.81. The molecule has 1 atom stereocenters. The van der Waals surface area contributed by atoms with Crippen LogP contribution in [0.2, 0.25) is 0 Å². The van der Waals surface area contributed by atoms with Crippen LogP contribution in [-0.2, 0) is 0 Å². The van der Waals surface area contributed by atoms with E-state index in [0.29, 0.717) is 11.6 Å². The summed E-state index contributed by atoms with van der Waals surface area (Å²) in [4.78, 5) is 23.8. The number of benzene rings is 1. The van der Waals surface area contributed by atoms with Crippen LogP contribution in [-0.4, -0.2) is 33.7 Å². The van der Waals surface area contributed by atoms with Crippen molar-refractivity contribution in [1.29, 1.82) is 0 Å². The van der Waals surface area contributed by atoms with Crippen LogP contribution in [0, 0.1) is 6.92 Å². The second kappa shape index (κ2) is 7.24. The lowest BCUT2D eigenvalue weighted by atomic mass is 10.2. The number of pyridine rings is 1. The summed E-state index contributed by atoms with van der Waals surface area (Å²) in [5.41, 5.74) is 9.56. The first kappa shape index (κ1) is 18.4. The van der Waals surface area contributed by atoms with E-state index < -0.39 is 0 Å². The van der Waals surface area contributed by atoms with E-state index in [1.807, 2.05) is 32.9 Å². The fourth-order valence-corrected chi connectivity index (χ4v) is 3.74. The molecule has 0 radical (unpaired) electrons. The van der Waals surface area contributed by atoms with E-state index in [1.165, 1.54) is 5.69 Å². The van der Waals surface area contributed by atoms with Crippen LogP contribution in [0.1, 0.15) is 31.9 Å². The van der Waals surface area contributed by atoms with Crippen LogP contribution in [0.25, 0.3) is 11.0 Å². The van der Waals surface area contributed by atoms with Gasteiger partial charge in [0.1, 0.15) is 5.65 Å². The predicted octanol–water partition coefficient (Wildman–Crippen LogP) is 2.96. The number of nitrogens with two attached hydrogens (primary N) is 1. The van der Waals surface area contributed by atoms with Gasteiger partial charge in [-0.15, -0.1) is 0 Å². The molecule has 1 fully saturated rings. The zero-order valence-electron chi connectivity index (χ0n) is 16.5. The molecule has 146 valence electrons. The van der Waals surface area contributed by atoms with E-state index >= 15 is 0 Å². The Kier molecular flexibility index (Phi) is 4.77. The second-order valence-electron chi connectivity index (χ2n) is 7.73. The van der Waals surface area contributed by atoms with Crippen molar-refractivity contribution in [2.75, 3.05) is 23.3 Å². The Morgan fingerprint density at radius 1 is 1.25 bits per heavy atom. The Balaban J connectivity index is 1.63. The highest BCUT2D eigenvalue weighted by Crippen LogP contribution is 2.24. The molecule has 4 rings (SSSR count). The summed E-state index contributed by atoms with van der Waals surface area (Å²) >= 11 is 0. The van der Waals surface area contributed by atoms with Crippen LogP contribution in [0.15, 0.2) is 41.3 Å². The summed E-state index contributed by atoms with van der Waals surface area (Å²) in [7, 11) is 0. The number of rotatable bonds is 4. The Morgan fingerprint density at radius 3 is 2.64 bits per heavy atom. The maximum Gasteiger partial charge on any atom is 0.252 e. The van der Waals surface area contributed by atoms with Gasteiger partial charge in [0.05, 0.1) is 0 Å². The molecule has 1 saturated heterocycles. The highest BCUT2D eigenvalue weighted by molar-refractivity contribution is 5.79. The van der Waals surface area contributed by atoms with Crippen LogP contribution in [0.5, 0.6) is 0 Å². The number of nitrogens with one attached hydrogen (secondary N) is 1. The van der Waals surface area contributed by atoms with Crippen molar-refractivity contribution in [2.45, 2.75) is 39.3 Å². The zero-order chi connectivity index (χ0) is 19.8. The molecule has 1 unspecified atom stereocenters. The average molecular weight is 378 g/mol. The minimum Gasteiger partial charge on any atom is -0.370 e. The van der Waals surface area contributed by atoms with Crippen LogP contribution < -0.4 is 21.5 Å². The van der Waals surface area contributed by atoms with Crippen LogP contribution in [0.3, 0.4) is 0 Å². The summed E-state index contributed by atoms with van der Waals surface area (Å²) in [5, 5.41) is 4.14. The molecular weight excluding hydrogens is 352 g/mol. The van der Waals surface area contributed by atoms with Gasteiger partial charge in [0.25, 0.3) is 5.56 Å². The van der Waals surface area contributed by atoms with Gasteiger partial charge in [0.2, 0.25) is 5.95 Å². The topological polar surface area (TPSA) is 89.1 Å². The first-order valence-electron chi connectivity index (χ1n) is 9.69. The lowest BCUT2D eigenvalue weighted by Gasteiger charge is -2.18. The van der Waals surface area contributed by atoms with Crippen molar-refractivity contribution in [3.05, 3.63) is 52.4 Å². The first-order chi connectivity index (χ1) is 13.4. The minimum atomic E-state index is -0.0437. The molecular formula is C21H26N6O. The van der Waals surface area contributed by atoms with Gasteiger partial charge in [-0.05, 0) is 57.0 Å². The molecule has 0 spiro atoms. The number of hydrogen-bond acceptors (Lipinski definition) is 6. The van der Waals surface area contributed by atoms with Crippen molar-refractivity contribution < 1.29 is 0 Å². The molecule has 2 aromatic heterocycles. The van der Waals surface area contributed by atoms with Gasteiger partial charge in [0.15, 0.2) is 0 Å². The molecule has 3 N–H and O–H groups in total. The third-order valence-corrected chi connectivity index (χ3v) is 5.23. The normalized spacial score (nSPS) is 16.9. The number of aromatic nitrogens is 3. The molecule has 1 aromatic carbocycles. The van der Waals surface area contributed by atoms with Gasteiger partial charge in [-0.1, -0.05) is 0 Å². The highest BCUT2D eigenvalue weighted by Gasteiger charge is 2.19. The summed E-state index contributed by atoms with van der Waals surface area (Å²) < 4.78 is 1.70. The minimum absolute atomic E-state index is 0.0180. The Labute approximate surface area is 164 Å². The Bertz CT molecular complexity index is 1060. The van der Waals surface area contributed by atoms with Gasteiger partial charge in [-0.25, -0.2) is 4.98 Å². The van der Waals surface area contributed by atoms with E-state index in [0.717, 1.165) is 36.1 Å². The van der Waals surface area contributed by atoms with Gasteiger partial charge in [-0.2, -0.15) is 4.98 Å². The molecule has 3 heterocycles. The number of nitrogens with zero attached hydrogens (tertiary/aromatic N) is 4. The molecule has 28 heavy (non-hydrogen) atoms. The van der Waals surface area contributed by atoms with Crippen molar-refractivity contribution in [3.63, 3.8) is 0 Å². The molecule has 0 amide bonds. The van der Waals surface area contributed by atoms with E-state index in [4.69, 9.17) is 5.73 Å². The van der Waals surface area contributed by atoms with E-state index in [-0.39, 0.29) is 17.6 Å². The molecule has 0 aliphatic carbocycles. The smallest absolute Gasteiger partial charge is 0.252 e. The largest absolute Gasteiger partial charge is 0.370 e. The quantitative estimate of drug-likeness (QED) is 0.726. The number of anilines is 3. The summed E-state index contributed by atoms with van der Waals surface area (Å²) in [5.74, 6) is 0.475. The fourth-order valence-electron chi connectivity index (χ4n) is 3.74. The number of hydrogen-bond donors (Lipinski definition) is 2. The molecule has 0 saturated carbocycles. The fraction of sp³-hybridized carbons (Fsp3) is 0.381. The van der Waals surface area contributed by atoms with Crippen molar-refractivity contribution in [2.24, 2.45) is 5.73 Å². The van der Waals surface area contributed by atoms with Crippen molar-refractivity contribution >= 4 is 28.4 Å². The summed E-state index contributed by atoms with van der Waals surface area (Å²) in [6.45, 7) is 7.76. The van der Waals surface area contributed by atoms with Gasteiger partial charge in [0, 0.05) is 54.2 Å². The number of fused-ring (bicyclic) bond motifs is 1. The van der Waals surface area contributed by atoms with Gasteiger partial charge >= 0.3 is 0 Å². The molecule has 1 aliphatic heterocycles. The van der Waals surface area contributed by atoms with E-state index in [1.54, 1.807) is 16.8 Å². The first-order valence-corrected chi connectivity index (χ1v) is 9.69. The third kappa shape index (κ3) is 3.45. The Hall–Kier alpha value is -2.93. The molecule has 1 aliphatic rings. The number of aryl methyl sites for hydroxylation is 1. The van der Waals surface area contributed by atoms with Crippen molar-refractivity contribution in [3.8, 4) is 0 Å². The maximum atomic E-state index is 12.4. The summed E-state index contributed by atoms with van der Waals surface area (Å²) in [6, 6.07) is 10.1. The third-order valence-electron chi connectivity index (χ3n) is 5.23. The maximum absolute atomic E-state index is 12.4.